The van der Waals surface area contributed by atoms with E-state index in [1.807, 2.05) is 0 Å². The molecule has 0 radical (unpaired) electrons. The predicted octanol–water partition coefficient (Wildman–Crippen LogP) is 0.689. The average molecular weight is 142 g/mol. The van der Waals surface area contributed by atoms with Gasteiger partial charge in [-0.3, -0.25) is 0 Å². The van der Waals surface area contributed by atoms with E-state index in [0.29, 0.717) is 6.04 Å². The summed E-state index contributed by atoms with van der Waals surface area (Å²) < 4.78 is 0. The molecule has 60 valence electrons. The fourth-order valence-electron chi connectivity index (χ4n) is 1.59. The topological polar surface area (TPSA) is 15.3 Å². The maximum absolute atomic E-state index is 3.47. The van der Waals surface area contributed by atoms with Crippen molar-refractivity contribution < 1.29 is 0 Å². The third-order valence-electron chi connectivity index (χ3n) is 2.36. The van der Waals surface area contributed by atoms with Crippen LogP contribution in [-0.4, -0.2) is 37.1 Å². The lowest BCUT2D eigenvalue weighted by molar-refractivity contribution is 0.165. The summed E-state index contributed by atoms with van der Waals surface area (Å²) >= 11 is 0. The van der Waals surface area contributed by atoms with Crippen LogP contribution in [0.15, 0.2) is 0 Å². The number of hydrogen-bond donors (Lipinski definition) is 1. The van der Waals surface area contributed by atoms with Gasteiger partial charge in [-0.25, -0.2) is 0 Å². The molecule has 1 fully saturated rings. The van der Waals surface area contributed by atoms with Crippen molar-refractivity contribution in [3.05, 3.63) is 0 Å². The quantitative estimate of drug-likeness (QED) is 0.579. The average Bonchev–Trinajstić information content (AvgIpc) is 1.88. The van der Waals surface area contributed by atoms with Crippen LogP contribution in [0, 0.1) is 0 Å². The van der Waals surface area contributed by atoms with Crippen LogP contribution in [0.5, 0.6) is 0 Å². The molecule has 0 aliphatic carbocycles. The van der Waals surface area contributed by atoms with Crippen LogP contribution in [0.2, 0.25) is 0 Å². The molecule has 1 aliphatic heterocycles. The van der Waals surface area contributed by atoms with Gasteiger partial charge in [0, 0.05) is 25.2 Å². The molecule has 1 aliphatic rings. The molecule has 10 heavy (non-hydrogen) atoms. The van der Waals surface area contributed by atoms with E-state index in [1.165, 1.54) is 13.0 Å². The summed E-state index contributed by atoms with van der Waals surface area (Å²) in [5.74, 6) is 0. The zero-order valence-electron chi connectivity index (χ0n) is 7.22. The molecular weight excluding hydrogens is 124 g/mol. The maximum Gasteiger partial charge on any atom is 0.0215 e. The molecule has 0 unspecified atom stereocenters. The Balaban J connectivity index is 2.36. The number of rotatable bonds is 1. The van der Waals surface area contributed by atoms with Crippen LogP contribution in [0.4, 0.5) is 0 Å². The number of nitrogens with one attached hydrogen (secondary N) is 1. The first-order valence-electron chi connectivity index (χ1n) is 4.17. The Bertz CT molecular complexity index is 103. The van der Waals surface area contributed by atoms with Crippen LogP contribution >= 0.6 is 0 Å². The minimum absolute atomic E-state index is 0.674. The highest BCUT2D eigenvalue weighted by molar-refractivity contribution is 4.80. The second-order valence-electron chi connectivity index (χ2n) is 3.31. The monoisotopic (exact) mass is 142 g/mol. The molecule has 2 nitrogen and oxygen atoms in total. The van der Waals surface area contributed by atoms with Crippen molar-refractivity contribution in [2.24, 2.45) is 0 Å². The van der Waals surface area contributed by atoms with Crippen LogP contribution in [0.3, 0.4) is 0 Å². The minimum atomic E-state index is 0.674. The molecule has 2 heteroatoms. The number of piperazine rings is 1. The smallest absolute Gasteiger partial charge is 0.0215 e. The Hall–Kier alpha value is -0.0800. The van der Waals surface area contributed by atoms with Gasteiger partial charge in [0.1, 0.15) is 0 Å². The van der Waals surface area contributed by atoms with Crippen LogP contribution in [-0.2, 0) is 0 Å². The lowest BCUT2D eigenvalue weighted by Gasteiger charge is -2.36. The molecule has 1 N–H and O–H groups in total. The number of hydrogen-bond acceptors (Lipinski definition) is 2. The van der Waals surface area contributed by atoms with Gasteiger partial charge in [-0.1, -0.05) is 6.92 Å². The summed E-state index contributed by atoms with van der Waals surface area (Å²) in [6.07, 6.45) is 1.26. The van der Waals surface area contributed by atoms with Crippen LogP contribution < -0.4 is 5.32 Å². The SMILES string of the molecule is CC[C@H]1CN[C@H](C)CN1C. The summed E-state index contributed by atoms with van der Waals surface area (Å²) in [7, 11) is 2.21. The Morgan fingerprint density at radius 1 is 1.60 bits per heavy atom. The molecule has 1 rings (SSSR count). The molecule has 0 aromatic rings. The Morgan fingerprint density at radius 2 is 2.30 bits per heavy atom. The first kappa shape index (κ1) is 8.02. The highest BCUT2D eigenvalue weighted by Crippen LogP contribution is 2.06. The van der Waals surface area contributed by atoms with E-state index in [-0.39, 0.29) is 0 Å². The molecule has 0 aromatic heterocycles. The molecule has 0 spiro atoms. The summed E-state index contributed by atoms with van der Waals surface area (Å²) in [6, 6.07) is 1.43. The fourth-order valence-corrected chi connectivity index (χ4v) is 1.59. The molecule has 0 aromatic carbocycles. The van der Waals surface area contributed by atoms with E-state index in [0.717, 1.165) is 12.6 Å². The van der Waals surface area contributed by atoms with E-state index in [1.54, 1.807) is 0 Å². The molecule has 0 amide bonds. The van der Waals surface area contributed by atoms with Gasteiger partial charge in [-0.15, -0.1) is 0 Å². The first-order valence-corrected chi connectivity index (χ1v) is 4.17. The van der Waals surface area contributed by atoms with Gasteiger partial charge in [0.05, 0.1) is 0 Å². The van der Waals surface area contributed by atoms with E-state index < -0.39 is 0 Å². The molecule has 2 atom stereocenters. The van der Waals surface area contributed by atoms with E-state index in [9.17, 15) is 0 Å². The van der Waals surface area contributed by atoms with E-state index >= 15 is 0 Å². The minimum Gasteiger partial charge on any atom is -0.311 e. The largest absolute Gasteiger partial charge is 0.311 e. The Labute approximate surface area is 63.6 Å². The van der Waals surface area contributed by atoms with E-state index in [4.69, 9.17) is 0 Å². The highest BCUT2D eigenvalue weighted by atomic mass is 15.2. The maximum atomic E-state index is 3.47. The first-order chi connectivity index (χ1) is 4.74. The summed E-state index contributed by atoms with van der Waals surface area (Å²) in [6.45, 7) is 6.84. The van der Waals surface area contributed by atoms with Gasteiger partial charge >= 0.3 is 0 Å². The highest BCUT2D eigenvalue weighted by Gasteiger charge is 2.20. The second-order valence-corrected chi connectivity index (χ2v) is 3.31. The number of likely N-dealkylation sites (N-methyl/N-ethyl adjacent to an activating group) is 1. The van der Waals surface area contributed by atoms with Crippen molar-refractivity contribution in [3.8, 4) is 0 Å². The van der Waals surface area contributed by atoms with E-state index in [2.05, 4.69) is 31.1 Å². The zero-order chi connectivity index (χ0) is 7.56. The molecule has 0 saturated carbocycles. The fraction of sp³-hybridized carbons (Fsp3) is 1.00. The second kappa shape index (κ2) is 3.35. The van der Waals surface area contributed by atoms with Crippen molar-refractivity contribution in [2.75, 3.05) is 20.1 Å². The van der Waals surface area contributed by atoms with Gasteiger partial charge in [-0.2, -0.15) is 0 Å². The Kier molecular flexibility index (Phi) is 2.69. The standard InChI is InChI=1S/C8H18N2/c1-4-8-5-9-7(2)6-10(8)3/h7-9H,4-6H2,1-3H3/t7-,8+/m1/s1. The third kappa shape index (κ3) is 1.70. The third-order valence-corrected chi connectivity index (χ3v) is 2.36. The number of nitrogens with zero attached hydrogens (tertiary/aromatic N) is 1. The summed E-state index contributed by atoms with van der Waals surface area (Å²) in [5, 5.41) is 3.47. The van der Waals surface area contributed by atoms with Crippen molar-refractivity contribution in [1.82, 2.24) is 10.2 Å². The molecule has 1 heterocycles. The zero-order valence-corrected chi connectivity index (χ0v) is 7.22. The van der Waals surface area contributed by atoms with Gasteiger partial charge in [-0.05, 0) is 20.4 Å². The van der Waals surface area contributed by atoms with Crippen LogP contribution in [0.1, 0.15) is 20.3 Å². The molecular formula is C8H18N2. The van der Waals surface area contributed by atoms with Crippen molar-refractivity contribution in [1.29, 1.82) is 0 Å². The normalized spacial score (nSPS) is 36.3. The van der Waals surface area contributed by atoms with Gasteiger partial charge in [0.2, 0.25) is 0 Å². The lowest BCUT2D eigenvalue weighted by atomic mass is 10.1. The van der Waals surface area contributed by atoms with Gasteiger partial charge in [0.15, 0.2) is 0 Å². The van der Waals surface area contributed by atoms with Gasteiger partial charge < -0.3 is 10.2 Å². The van der Waals surface area contributed by atoms with Crippen molar-refractivity contribution in [3.63, 3.8) is 0 Å². The summed E-state index contributed by atoms with van der Waals surface area (Å²) in [4.78, 5) is 2.45. The lowest BCUT2D eigenvalue weighted by Crippen LogP contribution is -2.53. The predicted molar refractivity (Wildman–Crippen MR) is 44.2 cm³/mol. The molecule has 1 saturated heterocycles. The summed E-state index contributed by atoms with van der Waals surface area (Å²) in [5.41, 5.74) is 0. The van der Waals surface area contributed by atoms with Crippen molar-refractivity contribution >= 4 is 0 Å². The Morgan fingerprint density at radius 3 is 2.80 bits per heavy atom. The van der Waals surface area contributed by atoms with Gasteiger partial charge in [0.25, 0.3) is 0 Å². The molecule has 0 bridgehead atoms. The van der Waals surface area contributed by atoms with Crippen LogP contribution in [0.25, 0.3) is 0 Å². The van der Waals surface area contributed by atoms with Crippen molar-refractivity contribution in [2.45, 2.75) is 32.4 Å².